The number of sulfonamides is 1. The van der Waals surface area contributed by atoms with E-state index in [9.17, 15) is 22.8 Å². The van der Waals surface area contributed by atoms with E-state index in [1.165, 1.54) is 40.7 Å². The number of para-hydroxylation sites is 1. The Labute approximate surface area is 191 Å². The Bertz CT molecular complexity index is 1300. The van der Waals surface area contributed by atoms with Gasteiger partial charge in [0.1, 0.15) is 0 Å². The van der Waals surface area contributed by atoms with Crippen LogP contribution < -0.4 is 4.31 Å². The van der Waals surface area contributed by atoms with Crippen molar-refractivity contribution in [1.82, 2.24) is 4.90 Å². The van der Waals surface area contributed by atoms with Gasteiger partial charge in [-0.15, -0.1) is 0 Å². The zero-order valence-electron chi connectivity index (χ0n) is 17.7. The van der Waals surface area contributed by atoms with Crippen LogP contribution in [0.4, 0.5) is 5.69 Å². The lowest BCUT2D eigenvalue weighted by Crippen LogP contribution is -2.33. The third-order valence-corrected chi connectivity index (χ3v) is 7.09. The zero-order chi connectivity index (χ0) is 23.6. The summed E-state index contributed by atoms with van der Waals surface area (Å²) in [5.74, 6) is -1.96. The maximum absolute atomic E-state index is 13.2. The standard InChI is InChI=1S/C24H20N2O6S/c1-2-26(18-10-4-3-5-11-18)33(30,31)19-12-8-9-17(15-19)24(29)32-16-25-22(27)20-13-6-7-14-21(20)23(25)28/h3-15H,2,16H2,1H3. The largest absolute Gasteiger partial charge is 0.440 e. The van der Waals surface area contributed by atoms with Crippen LogP contribution in [0.2, 0.25) is 0 Å². The fraction of sp³-hybridized carbons (Fsp3) is 0.125. The molecule has 3 aromatic rings. The van der Waals surface area contributed by atoms with Crippen LogP contribution in [0.15, 0.2) is 83.8 Å². The van der Waals surface area contributed by atoms with Crippen molar-refractivity contribution in [2.75, 3.05) is 17.6 Å². The van der Waals surface area contributed by atoms with Crippen LogP contribution in [0.1, 0.15) is 38.0 Å². The van der Waals surface area contributed by atoms with E-state index in [0.29, 0.717) is 5.69 Å². The van der Waals surface area contributed by atoms with Crippen molar-refractivity contribution in [1.29, 1.82) is 0 Å². The molecule has 0 fully saturated rings. The summed E-state index contributed by atoms with van der Waals surface area (Å²) in [5.41, 5.74) is 0.967. The van der Waals surface area contributed by atoms with E-state index in [4.69, 9.17) is 4.74 Å². The Hall–Kier alpha value is -3.98. The van der Waals surface area contributed by atoms with Crippen molar-refractivity contribution in [3.8, 4) is 0 Å². The zero-order valence-corrected chi connectivity index (χ0v) is 18.5. The first-order valence-corrected chi connectivity index (χ1v) is 11.6. The van der Waals surface area contributed by atoms with Crippen LogP contribution in [-0.2, 0) is 14.8 Å². The third-order valence-electron chi connectivity index (χ3n) is 5.19. The molecule has 1 heterocycles. The maximum atomic E-state index is 13.2. The topological polar surface area (TPSA) is 101 Å². The van der Waals surface area contributed by atoms with Gasteiger partial charge in [-0.2, -0.15) is 0 Å². The van der Waals surface area contributed by atoms with Gasteiger partial charge in [0, 0.05) is 6.54 Å². The fourth-order valence-corrected chi connectivity index (χ4v) is 5.08. The highest BCUT2D eigenvalue weighted by Crippen LogP contribution is 2.25. The highest BCUT2D eigenvalue weighted by molar-refractivity contribution is 7.92. The minimum atomic E-state index is -3.94. The lowest BCUT2D eigenvalue weighted by Gasteiger charge is -2.23. The fourth-order valence-electron chi connectivity index (χ4n) is 3.56. The van der Waals surface area contributed by atoms with Crippen LogP contribution in [0, 0.1) is 0 Å². The highest BCUT2D eigenvalue weighted by Gasteiger charge is 2.36. The first kappa shape index (κ1) is 22.2. The van der Waals surface area contributed by atoms with Gasteiger partial charge in [-0.05, 0) is 49.4 Å². The predicted molar refractivity (Wildman–Crippen MR) is 120 cm³/mol. The molecular weight excluding hydrogens is 444 g/mol. The average molecular weight is 464 g/mol. The molecule has 0 N–H and O–H groups in total. The smallest absolute Gasteiger partial charge is 0.339 e. The van der Waals surface area contributed by atoms with E-state index in [2.05, 4.69) is 0 Å². The molecule has 0 bridgehead atoms. The molecule has 1 aliphatic heterocycles. The monoisotopic (exact) mass is 464 g/mol. The molecule has 0 saturated heterocycles. The van der Waals surface area contributed by atoms with Gasteiger partial charge in [0.05, 0.1) is 27.3 Å². The van der Waals surface area contributed by atoms with Crippen LogP contribution in [0.5, 0.6) is 0 Å². The quantitative estimate of drug-likeness (QED) is 0.393. The van der Waals surface area contributed by atoms with E-state index in [1.54, 1.807) is 49.4 Å². The Balaban J connectivity index is 1.52. The summed E-state index contributed by atoms with van der Waals surface area (Å²) in [6.45, 7) is 1.33. The molecule has 33 heavy (non-hydrogen) atoms. The number of fused-ring (bicyclic) bond motifs is 1. The van der Waals surface area contributed by atoms with Gasteiger partial charge in [-0.25, -0.2) is 18.1 Å². The van der Waals surface area contributed by atoms with Crippen molar-refractivity contribution in [3.63, 3.8) is 0 Å². The molecule has 0 spiro atoms. The van der Waals surface area contributed by atoms with E-state index < -0.39 is 34.5 Å². The van der Waals surface area contributed by atoms with Gasteiger partial charge in [0.2, 0.25) is 0 Å². The highest BCUT2D eigenvalue weighted by atomic mass is 32.2. The molecule has 3 aromatic carbocycles. The molecule has 8 nitrogen and oxygen atoms in total. The summed E-state index contributed by atoms with van der Waals surface area (Å²) in [6.07, 6.45) is 0. The summed E-state index contributed by atoms with van der Waals surface area (Å²) in [6, 6.07) is 20.4. The summed E-state index contributed by atoms with van der Waals surface area (Å²) < 4.78 is 32.8. The second-order valence-electron chi connectivity index (χ2n) is 7.18. The molecule has 0 aromatic heterocycles. The predicted octanol–water partition coefficient (Wildman–Crippen LogP) is 3.31. The van der Waals surface area contributed by atoms with E-state index in [0.717, 1.165) is 4.90 Å². The Kier molecular flexibility index (Phi) is 5.97. The molecular formula is C24H20N2O6S. The van der Waals surface area contributed by atoms with Crippen molar-refractivity contribution < 1.29 is 27.5 Å². The minimum Gasteiger partial charge on any atom is -0.440 e. The second kappa shape index (κ2) is 8.87. The summed E-state index contributed by atoms with van der Waals surface area (Å²) >= 11 is 0. The van der Waals surface area contributed by atoms with Crippen LogP contribution in [-0.4, -0.2) is 44.4 Å². The Morgan fingerprint density at radius 2 is 1.48 bits per heavy atom. The van der Waals surface area contributed by atoms with Gasteiger partial charge in [0.25, 0.3) is 21.8 Å². The first-order chi connectivity index (χ1) is 15.8. The molecule has 0 radical (unpaired) electrons. The average Bonchev–Trinajstić information content (AvgIpc) is 3.08. The molecule has 0 atom stereocenters. The molecule has 0 unspecified atom stereocenters. The lowest BCUT2D eigenvalue weighted by molar-refractivity contribution is 0.0228. The van der Waals surface area contributed by atoms with Crippen LogP contribution in [0.25, 0.3) is 0 Å². The number of hydrogen-bond acceptors (Lipinski definition) is 6. The summed E-state index contributed by atoms with van der Waals surface area (Å²) in [7, 11) is -3.94. The second-order valence-corrected chi connectivity index (χ2v) is 9.04. The van der Waals surface area contributed by atoms with Crippen molar-refractivity contribution in [3.05, 3.63) is 95.6 Å². The van der Waals surface area contributed by atoms with Crippen molar-refractivity contribution >= 4 is 33.5 Å². The number of nitrogens with zero attached hydrogens (tertiary/aromatic N) is 2. The van der Waals surface area contributed by atoms with Crippen molar-refractivity contribution in [2.24, 2.45) is 0 Å². The van der Waals surface area contributed by atoms with Gasteiger partial charge in [0.15, 0.2) is 6.73 Å². The SMILES string of the molecule is CCN(c1ccccc1)S(=O)(=O)c1cccc(C(=O)OCN2C(=O)c3ccccc3C2=O)c1. The number of anilines is 1. The number of benzene rings is 3. The summed E-state index contributed by atoms with van der Waals surface area (Å²) in [4.78, 5) is 38.2. The number of ether oxygens (including phenoxy) is 1. The number of imide groups is 1. The minimum absolute atomic E-state index is 0.0169. The molecule has 4 rings (SSSR count). The van der Waals surface area contributed by atoms with Gasteiger partial charge in [-0.1, -0.05) is 36.4 Å². The molecule has 2 amide bonds. The van der Waals surface area contributed by atoms with E-state index in [1.807, 2.05) is 0 Å². The van der Waals surface area contributed by atoms with E-state index >= 15 is 0 Å². The number of esters is 1. The first-order valence-electron chi connectivity index (χ1n) is 10.1. The number of hydrogen-bond donors (Lipinski definition) is 0. The Morgan fingerprint density at radius 3 is 2.09 bits per heavy atom. The Morgan fingerprint density at radius 1 is 0.879 bits per heavy atom. The van der Waals surface area contributed by atoms with Gasteiger partial charge in [-0.3, -0.25) is 13.9 Å². The van der Waals surface area contributed by atoms with Gasteiger partial charge >= 0.3 is 5.97 Å². The molecule has 168 valence electrons. The maximum Gasteiger partial charge on any atom is 0.339 e. The third kappa shape index (κ3) is 4.10. The molecule has 9 heteroatoms. The van der Waals surface area contributed by atoms with Crippen LogP contribution in [0.3, 0.4) is 0 Å². The molecule has 0 saturated carbocycles. The molecule has 1 aliphatic rings. The van der Waals surface area contributed by atoms with Gasteiger partial charge < -0.3 is 4.74 Å². The number of rotatable bonds is 7. The lowest BCUT2D eigenvalue weighted by atomic mass is 10.1. The van der Waals surface area contributed by atoms with Crippen molar-refractivity contribution in [2.45, 2.75) is 11.8 Å². The summed E-state index contributed by atoms with van der Waals surface area (Å²) in [5, 5.41) is 0. The van der Waals surface area contributed by atoms with Crippen LogP contribution >= 0.6 is 0 Å². The number of carbonyl (C=O) groups is 3. The number of amides is 2. The normalized spacial score (nSPS) is 13.1. The molecule has 0 aliphatic carbocycles. The number of carbonyl (C=O) groups excluding carboxylic acids is 3. The van der Waals surface area contributed by atoms with E-state index in [-0.39, 0.29) is 28.1 Å².